The molecule has 0 radical (unpaired) electrons. The third-order valence-electron chi connectivity index (χ3n) is 3.36. The van der Waals surface area contributed by atoms with Crippen molar-refractivity contribution < 1.29 is 18.0 Å². The second-order valence-corrected chi connectivity index (χ2v) is 7.54. The van der Waals surface area contributed by atoms with Gasteiger partial charge in [-0.05, 0) is 30.7 Å². The summed E-state index contributed by atoms with van der Waals surface area (Å²) < 4.78 is 41.5. The molecule has 0 aliphatic rings. The predicted octanol–water partition coefficient (Wildman–Crippen LogP) is 5.22. The average molecular weight is 382 g/mol. The maximum Gasteiger partial charge on any atom is 0.224 e. The van der Waals surface area contributed by atoms with Crippen LogP contribution < -0.4 is 5.32 Å². The van der Waals surface area contributed by atoms with Crippen LogP contribution in [0.25, 0.3) is 10.2 Å². The van der Waals surface area contributed by atoms with Gasteiger partial charge in [0.1, 0.15) is 0 Å². The lowest BCUT2D eigenvalue weighted by atomic mass is 10.2. The number of carbonyl (C=O) groups is 1. The Labute approximate surface area is 150 Å². The van der Waals surface area contributed by atoms with Crippen LogP contribution in [0.3, 0.4) is 0 Å². The molecule has 1 N–H and O–H groups in total. The van der Waals surface area contributed by atoms with E-state index >= 15 is 0 Å². The summed E-state index contributed by atoms with van der Waals surface area (Å²) in [6.07, 6.45) is 0.702. The van der Waals surface area contributed by atoms with Crippen LogP contribution in [0.1, 0.15) is 12.8 Å². The van der Waals surface area contributed by atoms with E-state index in [0.29, 0.717) is 12.2 Å². The van der Waals surface area contributed by atoms with E-state index in [0.717, 1.165) is 26.7 Å². The Morgan fingerprint density at radius 1 is 1.12 bits per heavy atom. The summed E-state index contributed by atoms with van der Waals surface area (Å²) in [6, 6.07) is 9.61. The Kier molecular flexibility index (Phi) is 5.60. The molecule has 130 valence electrons. The molecule has 3 nitrogen and oxygen atoms in total. The monoisotopic (exact) mass is 382 g/mol. The Bertz CT molecular complexity index is 881. The lowest BCUT2D eigenvalue weighted by Crippen LogP contribution is -2.13. The smallest absolute Gasteiger partial charge is 0.224 e. The second kappa shape index (κ2) is 7.88. The molecular weight excluding hydrogens is 369 g/mol. The largest absolute Gasteiger partial charge is 0.324 e. The van der Waals surface area contributed by atoms with Crippen molar-refractivity contribution in [1.29, 1.82) is 0 Å². The van der Waals surface area contributed by atoms with E-state index < -0.39 is 23.4 Å². The van der Waals surface area contributed by atoms with E-state index in [1.165, 1.54) is 0 Å². The lowest BCUT2D eigenvalue weighted by Gasteiger charge is -2.07. The van der Waals surface area contributed by atoms with E-state index in [2.05, 4.69) is 10.3 Å². The van der Waals surface area contributed by atoms with Crippen LogP contribution in [0.2, 0.25) is 0 Å². The van der Waals surface area contributed by atoms with Gasteiger partial charge in [0, 0.05) is 12.2 Å². The third kappa shape index (κ3) is 4.32. The van der Waals surface area contributed by atoms with Crippen molar-refractivity contribution in [3.05, 3.63) is 53.8 Å². The molecule has 0 aliphatic heterocycles. The number of nitrogens with zero attached hydrogens (tertiary/aromatic N) is 1. The molecule has 1 heterocycles. The zero-order chi connectivity index (χ0) is 17.8. The zero-order valence-corrected chi connectivity index (χ0v) is 14.5. The molecule has 25 heavy (non-hydrogen) atoms. The van der Waals surface area contributed by atoms with Crippen molar-refractivity contribution in [3.8, 4) is 0 Å². The van der Waals surface area contributed by atoms with Crippen molar-refractivity contribution >= 4 is 44.9 Å². The number of rotatable bonds is 6. The van der Waals surface area contributed by atoms with E-state index in [9.17, 15) is 18.0 Å². The predicted molar refractivity (Wildman–Crippen MR) is 94.5 cm³/mol. The highest BCUT2D eigenvalue weighted by atomic mass is 32.2. The fraction of sp³-hybridized carbons (Fsp3) is 0.176. The molecular formula is C17H13F3N2OS2. The number of halogens is 3. The van der Waals surface area contributed by atoms with Gasteiger partial charge in [0.15, 0.2) is 21.8 Å². The van der Waals surface area contributed by atoms with Crippen molar-refractivity contribution in [1.82, 2.24) is 4.98 Å². The van der Waals surface area contributed by atoms with Gasteiger partial charge in [-0.1, -0.05) is 23.9 Å². The van der Waals surface area contributed by atoms with Crippen molar-refractivity contribution in [2.75, 3.05) is 11.1 Å². The van der Waals surface area contributed by atoms with Gasteiger partial charge < -0.3 is 5.32 Å². The fourth-order valence-electron chi connectivity index (χ4n) is 2.14. The number of anilines is 1. The fourth-order valence-corrected chi connectivity index (χ4v) is 4.22. The summed E-state index contributed by atoms with van der Waals surface area (Å²) in [5.41, 5.74) is 0.587. The molecule has 0 unspecified atom stereocenters. The first kappa shape index (κ1) is 17.8. The van der Waals surface area contributed by atoms with Gasteiger partial charge in [-0.15, -0.1) is 11.3 Å². The standard InChI is InChI=1S/C17H13F3N2OS2/c18-10-7-8-12(16(20)15(10)19)21-14(23)6-3-9-24-17-22-11-4-1-2-5-13(11)25-17/h1-2,4-5,7-8H,3,6,9H2,(H,21,23). The quantitative estimate of drug-likeness (QED) is 0.361. The summed E-state index contributed by atoms with van der Waals surface area (Å²) in [5, 5.41) is 2.26. The number of para-hydroxylation sites is 1. The van der Waals surface area contributed by atoms with Gasteiger partial charge in [0.2, 0.25) is 5.91 Å². The van der Waals surface area contributed by atoms with Crippen molar-refractivity contribution in [3.63, 3.8) is 0 Å². The van der Waals surface area contributed by atoms with E-state index in [4.69, 9.17) is 0 Å². The number of benzene rings is 2. The molecule has 3 aromatic rings. The Morgan fingerprint density at radius 3 is 2.72 bits per heavy atom. The number of hydrogen-bond acceptors (Lipinski definition) is 4. The summed E-state index contributed by atoms with van der Waals surface area (Å²) in [4.78, 5) is 16.3. The number of aromatic nitrogens is 1. The maximum absolute atomic E-state index is 13.5. The molecule has 3 rings (SSSR count). The molecule has 0 atom stereocenters. The van der Waals surface area contributed by atoms with Gasteiger partial charge in [-0.3, -0.25) is 4.79 Å². The van der Waals surface area contributed by atoms with Crippen molar-refractivity contribution in [2.24, 2.45) is 0 Å². The van der Waals surface area contributed by atoms with Gasteiger partial charge in [0.25, 0.3) is 0 Å². The molecule has 0 saturated carbocycles. The van der Waals surface area contributed by atoms with Gasteiger partial charge in [0.05, 0.1) is 15.9 Å². The summed E-state index contributed by atoms with van der Waals surface area (Å²) in [5.74, 6) is -4.05. The highest BCUT2D eigenvalue weighted by molar-refractivity contribution is 8.01. The third-order valence-corrected chi connectivity index (χ3v) is 5.62. The molecule has 1 aromatic heterocycles. The number of thiazole rings is 1. The molecule has 8 heteroatoms. The number of amides is 1. The number of thioether (sulfide) groups is 1. The summed E-state index contributed by atoms with van der Waals surface area (Å²) >= 11 is 3.13. The number of fused-ring (bicyclic) bond motifs is 1. The second-order valence-electron chi connectivity index (χ2n) is 5.17. The minimum absolute atomic E-state index is 0.149. The topological polar surface area (TPSA) is 42.0 Å². The van der Waals surface area contributed by atoms with Crippen LogP contribution in [0.5, 0.6) is 0 Å². The number of nitrogens with one attached hydrogen (secondary N) is 1. The van der Waals surface area contributed by atoms with Crippen LogP contribution in [0, 0.1) is 17.5 Å². The summed E-state index contributed by atoms with van der Waals surface area (Å²) in [6.45, 7) is 0. The van der Waals surface area contributed by atoms with Crippen LogP contribution in [0.15, 0.2) is 40.7 Å². The van der Waals surface area contributed by atoms with Gasteiger partial charge >= 0.3 is 0 Å². The molecule has 1 amide bonds. The van der Waals surface area contributed by atoms with E-state index in [1.807, 2.05) is 24.3 Å². The van der Waals surface area contributed by atoms with E-state index in [1.54, 1.807) is 23.1 Å². The SMILES string of the molecule is O=C(CCCSc1nc2ccccc2s1)Nc1ccc(F)c(F)c1F. The van der Waals surface area contributed by atoms with Gasteiger partial charge in [-0.2, -0.15) is 0 Å². The van der Waals surface area contributed by atoms with Crippen LogP contribution in [-0.2, 0) is 4.79 Å². The maximum atomic E-state index is 13.5. The Balaban J connectivity index is 1.47. The first-order valence-corrected chi connectivity index (χ1v) is 9.26. The number of carbonyl (C=O) groups excluding carboxylic acids is 1. The first-order chi connectivity index (χ1) is 12.0. The number of hydrogen-bond donors (Lipinski definition) is 1. The molecule has 0 bridgehead atoms. The summed E-state index contributed by atoms with van der Waals surface area (Å²) in [7, 11) is 0. The normalized spacial score (nSPS) is 11.0. The van der Waals surface area contributed by atoms with Crippen LogP contribution in [0.4, 0.5) is 18.9 Å². The van der Waals surface area contributed by atoms with E-state index in [-0.39, 0.29) is 12.1 Å². The van der Waals surface area contributed by atoms with Crippen LogP contribution in [-0.4, -0.2) is 16.6 Å². The van der Waals surface area contributed by atoms with Crippen LogP contribution >= 0.6 is 23.1 Å². The Morgan fingerprint density at radius 2 is 1.92 bits per heavy atom. The molecule has 2 aromatic carbocycles. The highest BCUT2D eigenvalue weighted by Crippen LogP contribution is 2.29. The minimum atomic E-state index is -1.59. The highest BCUT2D eigenvalue weighted by Gasteiger charge is 2.15. The molecule has 0 fully saturated rings. The molecule has 0 saturated heterocycles. The first-order valence-electron chi connectivity index (χ1n) is 7.46. The van der Waals surface area contributed by atoms with Gasteiger partial charge in [-0.25, -0.2) is 18.2 Å². The lowest BCUT2D eigenvalue weighted by molar-refractivity contribution is -0.116. The molecule has 0 aliphatic carbocycles. The minimum Gasteiger partial charge on any atom is -0.324 e. The molecule has 0 spiro atoms. The zero-order valence-electron chi connectivity index (χ0n) is 12.9. The average Bonchev–Trinajstić information content (AvgIpc) is 3.02. The Hall–Kier alpha value is -2.06. The van der Waals surface area contributed by atoms with Crippen molar-refractivity contribution in [2.45, 2.75) is 17.2 Å².